The van der Waals surface area contributed by atoms with E-state index in [2.05, 4.69) is 15.8 Å². The summed E-state index contributed by atoms with van der Waals surface area (Å²) in [6, 6.07) is 3.85. The topological polar surface area (TPSA) is 93.5 Å². The number of carbonyl (C=O) groups excluding carboxylic acids is 2. The number of halogens is 3. The molecule has 29 heavy (non-hydrogen) atoms. The second-order valence-corrected chi connectivity index (χ2v) is 7.26. The van der Waals surface area contributed by atoms with Crippen molar-refractivity contribution in [3.05, 3.63) is 46.8 Å². The molecule has 2 amide bonds. The number of amides is 2. The van der Waals surface area contributed by atoms with Crippen molar-refractivity contribution in [2.75, 3.05) is 5.32 Å². The summed E-state index contributed by atoms with van der Waals surface area (Å²) in [5.74, 6) is -1.01. The third-order valence-electron chi connectivity index (χ3n) is 5.06. The molecule has 0 aliphatic carbocycles. The maximum Gasteiger partial charge on any atom is 0.416 e. The van der Waals surface area contributed by atoms with Crippen LogP contribution in [0.1, 0.15) is 51.4 Å². The van der Waals surface area contributed by atoms with Crippen LogP contribution in [0.2, 0.25) is 0 Å². The van der Waals surface area contributed by atoms with Crippen molar-refractivity contribution >= 4 is 17.5 Å². The fourth-order valence-corrected chi connectivity index (χ4v) is 3.70. The summed E-state index contributed by atoms with van der Waals surface area (Å²) < 4.78 is 50.4. The zero-order valence-electron chi connectivity index (χ0n) is 15.4. The van der Waals surface area contributed by atoms with Gasteiger partial charge in [-0.05, 0) is 44.4 Å². The number of alkyl halides is 3. The zero-order chi connectivity index (χ0) is 20.8. The van der Waals surface area contributed by atoms with Crippen LogP contribution < -0.4 is 10.6 Å². The summed E-state index contributed by atoms with van der Waals surface area (Å²) in [6.45, 7) is 1.58. The molecule has 2 N–H and O–H groups in total. The summed E-state index contributed by atoms with van der Waals surface area (Å²) in [7, 11) is 0. The molecule has 10 heteroatoms. The summed E-state index contributed by atoms with van der Waals surface area (Å²) in [5.41, 5.74) is -1.49. The number of carbonyl (C=O) groups is 2. The standard InChI is InChI=1S/C19H18F3N3O4/c1-9-4-15(25-29-9)18(27)23-12-6-10(5-11(7-12)19(20,21)22)17(26)24-14-8-13-2-3-16(14)28-13/h4-7,13-14,16H,2-3,8H2,1H3,(H,23,27)(H,24,26)/t13-,14+,16+/m0/s1. The van der Waals surface area contributed by atoms with Crippen molar-refractivity contribution in [1.29, 1.82) is 0 Å². The van der Waals surface area contributed by atoms with Gasteiger partial charge in [-0.3, -0.25) is 9.59 Å². The van der Waals surface area contributed by atoms with Gasteiger partial charge >= 0.3 is 6.18 Å². The molecule has 7 nitrogen and oxygen atoms in total. The molecule has 2 bridgehead atoms. The van der Waals surface area contributed by atoms with E-state index in [1.165, 1.54) is 12.1 Å². The molecular formula is C19H18F3N3O4. The lowest BCUT2D eigenvalue weighted by molar-refractivity contribution is -0.137. The van der Waals surface area contributed by atoms with Gasteiger partial charge in [0, 0.05) is 17.3 Å². The molecule has 0 radical (unpaired) electrons. The van der Waals surface area contributed by atoms with Crippen LogP contribution in [0.25, 0.3) is 0 Å². The third kappa shape index (κ3) is 4.12. The SMILES string of the molecule is Cc1cc(C(=O)Nc2cc(C(=O)N[C@@H]3C[C@@H]4CC[C@H]3O4)cc(C(F)(F)F)c2)no1. The lowest BCUT2D eigenvalue weighted by Gasteiger charge is -2.20. The molecule has 0 spiro atoms. The minimum atomic E-state index is -4.68. The predicted molar refractivity (Wildman–Crippen MR) is 94.4 cm³/mol. The lowest BCUT2D eigenvalue weighted by Crippen LogP contribution is -2.41. The van der Waals surface area contributed by atoms with Gasteiger partial charge in [0.15, 0.2) is 5.69 Å². The quantitative estimate of drug-likeness (QED) is 0.808. The van der Waals surface area contributed by atoms with Gasteiger partial charge in [-0.2, -0.15) is 13.2 Å². The van der Waals surface area contributed by atoms with Crippen molar-refractivity contribution in [1.82, 2.24) is 10.5 Å². The Bertz CT molecular complexity index is 956. The first-order valence-electron chi connectivity index (χ1n) is 9.12. The van der Waals surface area contributed by atoms with E-state index in [0.717, 1.165) is 25.0 Å². The molecule has 1 aromatic carbocycles. The second-order valence-electron chi connectivity index (χ2n) is 7.26. The number of fused-ring (bicyclic) bond motifs is 2. The van der Waals surface area contributed by atoms with E-state index in [4.69, 9.17) is 9.26 Å². The minimum Gasteiger partial charge on any atom is -0.373 e. The number of nitrogens with zero attached hydrogens (tertiary/aromatic N) is 1. The van der Waals surface area contributed by atoms with Crippen molar-refractivity contribution in [3.8, 4) is 0 Å². The smallest absolute Gasteiger partial charge is 0.373 e. The number of benzene rings is 1. The molecular weight excluding hydrogens is 391 g/mol. The lowest BCUT2D eigenvalue weighted by atomic mass is 9.95. The number of hydrogen-bond acceptors (Lipinski definition) is 5. The van der Waals surface area contributed by atoms with Gasteiger partial charge in [-0.1, -0.05) is 5.16 Å². The van der Waals surface area contributed by atoms with Crippen LogP contribution in [0.15, 0.2) is 28.8 Å². The molecule has 2 aromatic rings. The first-order valence-corrected chi connectivity index (χ1v) is 9.12. The highest BCUT2D eigenvalue weighted by Crippen LogP contribution is 2.35. The van der Waals surface area contributed by atoms with Gasteiger partial charge in [0.1, 0.15) is 5.76 Å². The molecule has 2 fully saturated rings. The molecule has 2 saturated heterocycles. The minimum absolute atomic E-state index is 0.0787. The largest absolute Gasteiger partial charge is 0.416 e. The molecule has 3 heterocycles. The van der Waals surface area contributed by atoms with Gasteiger partial charge in [0.05, 0.1) is 23.8 Å². The van der Waals surface area contributed by atoms with E-state index in [9.17, 15) is 22.8 Å². The first-order chi connectivity index (χ1) is 13.7. The molecule has 1 aromatic heterocycles. The number of anilines is 1. The van der Waals surface area contributed by atoms with Gasteiger partial charge in [-0.25, -0.2) is 0 Å². The highest BCUT2D eigenvalue weighted by atomic mass is 19.4. The summed E-state index contributed by atoms with van der Waals surface area (Å²) in [4.78, 5) is 24.8. The van der Waals surface area contributed by atoms with E-state index >= 15 is 0 Å². The third-order valence-corrected chi connectivity index (χ3v) is 5.06. The Morgan fingerprint density at radius 1 is 1.14 bits per heavy atom. The maximum atomic E-state index is 13.3. The molecule has 3 atom stereocenters. The number of ether oxygens (including phenoxy) is 1. The number of nitrogens with one attached hydrogen (secondary N) is 2. The van der Waals surface area contributed by atoms with Gasteiger partial charge in [0.2, 0.25) is 0 Å². The predicted octanol–water partition coefficient (Wildman–Crippen LogP) is 3.30. The molecule has 2 aliphatic rings. The monoisotopic (exact) mass is 409 g/mol. The summed E-state index contributed by atoms with van der Waals surface area (Å²) in [6.07, 6.45) is -2.31. The molecule has 154 valence electrons. The van der Waals surface area contributed by atoms with Crippen molar-refractivity contribution in [3.63, 3.8) is 0 Å². The van der Waals surface area contributed by atoms with Crippen molar-refractivity contribution in [2.45, 2.75) is 50.6 Å². The maximum absolute atomic E-state index is 13.3. The Morgan fingerprint density at radius 2 is 1.93 bits per heavy atom. The normalized spacial score (nSPS) is 23.2. The van der Waals surface area contributed by atoms with E-state index < -0.39 is 23.6 Å². The Morgan fingerprint density at radius 3 is 2.52 bits per heavy atom. The number of rotatable bonds is 4. The fourth-order valence-electron chi connectivity index (χ4n) is 3.70. The Labute approximate surface area is 163 Å². The highest BCUT2D eigenvalue weighted by Gasteiger charge is 2.41. The summed E-state index contributed by atoms with van der Waals surface area (Å²) >= 11 is 0. The molecule has 4 rings (SSSR count). The summed E-state index contributed by atoms with van der Waals surface area (Å²) in [5, 5.41) is 8.61. The van der Waals surface area contributed by atoms with Crippen LogP contribution in [0.5, 0.6) is 0 Å². The average molecular weight is 409 g/mol. The van der Waals surface area contributed by atoms with E-state index in [-0.39, 0.29) is 35.2 Å². The van der Waals surface area contributed by atoms with Crippen molar-refractivity contribution in [2.24, 2.45) is 0 Å². The van der Waals surface area contributed by atoms with Gasteiger partial charge in [0.25, 0.3) is 11.8 Å². The van der Waals surface area contributed by atoms with Crippen molar-refractivity contribution < 1.29 is 32.0 Å². The fraction of sp³-hybridized carbons (Fsp3) is 0.421. The highest BCUT2D eigenvalue weighted by molar-refractivity contribution is 6.04. The number of hydrogen-bond donors (Lipinski definition) is 2. The zero-order valence-corrected chi connectivity index (χ0v) is 15.4. The number of aromatic nitrogens is 1. The first kappa shape index (κ1) is 19.4. The van der Waals surface area contributed by atoms with Crippen LogP contribution in [0.4, 0.5) is 18.9 Å². The molecule has 0 saturated carbocycles. The molecule has 2 aliphatic heterocycles. The van der Waals surface area contributed by atoms with E-state index in [1.54, 1.807) is 6.92 Å². The Kier molecular flexibility index (Phi) is 4.81. The van der Waals surface area contributed by atoms with Gasteiger partial charge in [-0.15, -0.1) is 0 Å². The number of aryl methyl sites for hydroxylation is 1. The van der Waals surface area contributed by atoms with Crippen LogP contribution in [-0.4, -0.2) is 35.2 Å². The Balaban J connectivity index is 1.56. The second kappa shape index (κ2) is 7.18. The van der Waals surface area contributed by atoms with Crippen LogP contribution >= 0.6 is 0 Å². The van der Waals surface area contributed by atoms with Gasteiger partial charge < -0.3 is 19.9 Å². The van der Waals surface area contributed by atoms with Crippen LogP contribution in [0, 0.1) is 6.92 Å². The molecule has 0 unspecified atom stereocenters. The average Bonchev–Trinajstić information content (AvgIpc) is 3.37. The van der Waals surface area contributed by atoms with E-state index in [0.29, 0.717) is 12.2 Å². The Hall–Kier alpha value is -2.88. The van der Waals surface area contributed by atoms with Crippen LogP contribution in [-0.2, 0) is 10.9 Å². The van der Waals surface area contributed by atoms with E-state index in [1.807, 2.05) is 0 Å². The van der Waals surface area contributed by atoms with Crippen LogP contribution in [0.3, 0.4) is 0 Å².